The number of fused-ring (bicyclic) bond motifs is 2. The Labute approximate surface area is 148 Å². The molecule has 25 heavy (non-hydrogen) atoms. The van der Waals surface area contributed by atoms with Crippen molar-refractivity contribution in [1.82, 2.24) is 10.3 Å². The summed E-state index contributed by atoms with van der Waals surface area (Å²) in [5.41, 5.74) is 5.10. The van der Waals surface area contributed by atoms with Crippen LogP contribution in [-0.4, -0.2) is 25.2 Å². The van der Waals surface area contributed by atoms with Gasteiger partial charge in [-0.05, 0) is 55.1 Å². The molecule has 0 aliphatic carbocycles. The SMILES string of the molecule is COc1cccc2[nH]cc(CCNC3CCCNc4ccccc43)c12. The molecule has 1 aromatic heterocycles. The number of nitrogens with one attached hydrogen (secondary N) is 3. The molecule has 0 amide bonds. The summed E-state index contributed by atoms with van der Waals surface area (Å²) in [4.78, 5) is 3.36. The highest BCUT2D eigenvalue weighted by Gasteiger charge is 2.17. The molecule has 4 nitrogen and oxygen atoms in total. The molecule has 0 spiro atoms. The summed E-state index contributed by atoms with van der Waals surface area (Å²) in [7, 11) is 1.74. The van der Waals surface area contributed by atoms with Crippen LogP contribution in [0.15, 0.2) is 48.7 Å². The fraction of sp³-hybridized carbons (Fsp3) is 0.333. The fourth-order valence-corrected chi connectivity index (χ4v) is 3.83. The summed E-state index contributed by atoms with van der Waals surface area (Å²) in [6.07, 6.45) is 5.44. The van der Waals surface area contributed by atoms with E-state index in [9.17, 15) is 0 Å². The average Bonchev–Trinajstić information content (AvgIpc) is 2.96. The molecule has 1 unspecified atom stereocenters. The minimum atomic E-state index is 0.415. The Morgan fingerprint density at radius 3 is 3.00 bits per heavy atom. The molecule has 0 radical (unpaired) electrons. The van der Waals surface area contributed by atoms with Crippen LogP contribution in [0.5, 0.6) is 5.75 Å². The molecule has 4 heteroatoms. The fourth-order valence-electron chi connectivity index (χ4n) is 3.83. The number of ether oxygens (including phenoxy) is 1. The molecule has 2 heterocycles. The minimum Gasteiger partial charge on any atom is -0.496 e. The summed E-state index contributed by atoms with van der Waals surface area (Å²) in [5.74, 6) is 0.942. The van der Waals surface area contributed by atoms with E-state index in [4.69, 9.17) is 4.74 Å². The van der Waals surface area contributed by atoms with Crippen LogP contribution in [0.1, 0.15) is 30.0 Å². The van der Waals surface area contributed by atoms with Crippen LogP contribution >= 0.6 is 0 Å². The summed E-state index contributed by atoms with van der Waals surface area (Å²) in [5, 5.41) is 8.50. The number of hydrogen-bond donors (Lipinski definition) is 3. The molecule has 0 bridgehead atoms. The van der Waals surface area contributed by atoms with Crippen molar-refractivity contribution in [2.45, 2.75) is 25.3 Å². The maximum atomic E-state index is 5.54. The van der Waals surface area contributed by atoms with Gasteiger partial charge in [-0.2, -0.15) is 0 Å². The third kappa shape index (κ3) is 3.22. The molecule has 1 aliphatic rings. The van der Waals surface area contributed by atoms with Crippen molar-refractivity contribution in [3.05, 3.63) is 59.8 Å². The van der Waals surface area contributed by atoms with E-state index in [0.717, 1.165) is 30.8 Å². The maximum Gasteiger partial charge on any atom is 0.128 e. The first-order valence-electron chi connectivity index (χ1n) is 9.06. The second kappa shape index (κ2) is 7.19. The summed E-state index contributed by atoms with van der Waals surface area (Å²) in [6.45, 7) is 2.00. The number of anilines is 1. The standard InChI is InChI=1S/C21H25N3O/c1-25-20-10-4-8-19-21(20)15(14-24-19)11-13-23-18-9-5-12-22-17-7-3-2-6-16(17)18/h2-4,6-8,10,14,18,22-24H,5,9,11-13H2,1H3. The number of H-pyrrole nitrogens is 1. The smallest absolute Gasteiger partial charge is 0.128 e. The number of rotatable bonds is 5. The summed E-state index contributed by atoms with van der Waals surface area (Å²) in [6, 6.07) is 15.2. The molecule has 0 saturated carbocycles. The minimum absolute atomic E-state index is 0.415. The van der Waals surface area contributed by atoms with E-state index in [2.05, 4.69) is 52.1 Å². The molecule has 0 saturated heterocycles. The van der Waals surface area contributed by atoms with Crippen LogP contribution in [0.3, 0.4) is 0 Å². The molecular formula is C21H25N3O. The van der Waals surface area contributed by atoms with Gasteiger partial charge < -0.3 is 20.4 Å². The Morgan fingerprint density at radius 1 is 1.16 bits per heavy atom. The zero-order chi connectivity index (χ0) is 17.1. The van der Waals surface area contributed by atoms with Crippen molar-refractivity contribution < 1.29 is 4.74 Å². The lowest BCUT2D eigenvalue weighted by Crippen LogP contribution is -2.23. The van der Waals surface area contributed by atoms with E-state index in [1.165, 1.54) is 35.0 Å². The average molecular weight is 335 g/mol. The van der Waals surface area contributed by atoms with Gasteiger partial charge in [0.1, 0.15) is 5.75 Å². The Balaban J connectivity index is 1.48. The molecule has 3 aromatic rings. The number of para-hydroxylation sites is 1. The Bertz CT molecular complexity index is 855. The van der Waals surface area contributed by atoms with Gasteiger partial charge in [-0.15, -0.1) is 0 Å². The van der Waals surface area contributed by atoms with E-state index in [-0.39, 0.29) is 0 Å². The normalized spacial score (nSPS) is 16.9. The lowest BCUT2D eigenvalue weighted by Gasteiger charge is -2.19. The van der Waals surface area contributed by atoms with E-state index >= 15 is 0 Å². The van der Waals surface area contributed by atoms with E-state index < -0.39 is 0 Å². The zero-order valence-corrected chi connectivity index (χ0v) is 14.6. The zero-order valence-electron chi connectivity index (χ0n) is 14.6. The molecule has 1 atom stereocenters. The highest BCUT2D eigenvalue weighted by Crippen LogP contribution is 2.30. The van der Waals surface area contributed by atoms with E-state index in [0.29, 0.717) is 6.04 Å². The van der Waals surface area contributed by atoms with Gasteiger partial charge in [-0.3, -0.25) is 0 Å². The van der Waals surface area contributed by atoms with Gasteiger partial charge in [-0.1, -0.05) is 24.3 Å². The third-order valence-corrected chi connectivity index (χ3v) is 5.08. The molecule has 0 fully saturated rings. The van der Waals surface area contributed by atoms with Gasteiger partial charge in [0, 0.05) is 35.4 Å². The van der Waals surface area contributed by atoms with Gasteiger partial charge >= 0.3 is 0 Å². The first kappa shape index (κ1) is 16.0. The van der Waals surface area contributed by atoms with Crippen molar-refractivity contribution in [2.75, 3.05) is 25.5 Å². The number of aromatic nitrogens is 1. The molecule has 4 rings (SSSR count). The molecule has 3 N–H and O–H groups in total. The number of benzene rings is 2. The van der Waals surface area contributed by atoms with Crippen molar-refractivity contribution in [3.63, 3.8) is 0 Å². The van der Waals surface area contributed by atoms with Crippen LogP contribution < -0.4 is 15.4 Å². The number of hydrogen-bond acceptors (Lipinski definition) is 3. The number of aromatic amines is 1. The van der Waals surface area contributed by atoms with Gasteiger partial charge in [0.25, 0.3) is 0 Å². The van der Waals surface area contributed by atoms with Gasteiger partial charge in [-0.25, -0.2) is 0 Å². The number of methoxy groups -OCH3 is 1. The Kier molecular flexibility index (Phi) is 4.61. The van der Waals surface area contributed by atoms with Crippen molar-refractivity contribution >= 4 is 16.6 Å². The topological polar surface area (TPSA) is 49.1 Å². The quantitative estimate of drug-likeness (QED) is 0.653. The maximum absolute atomic E-state index is 5.54. The van der Waals surface area contributed by atoms with E-state index in [1.807, 2.05) is 12.1 Å². The second-order valence-corrected chi connectivity index (χ2v) is 6.61. The Hall–Kier alpha value is -2.46. The predicted molar refractivity (Wildman–Crippen MR) is 103 cm³/mol. The van der Waals surface area contributed by atoms with Gasteiger partial charge in [0.15, 0.2) is 0 Å². The lowest BCUT2D eigenvalue weighted by atomic mass is 10.0. The van der Waals surface area contributed by atoms with Crippen molar-refractivity contribution in [3.8, 4) is 5.75 Å². The monoisotopic (exact) mass is 335 g/mol. The largest absolute Gasteiger partial charge is 0.496 e. The van der Waals surface area contributed by atoms with Crippen molar-refractivity contribution in [1.29, 1.82) is 0 Å². The summed E-state index contributed by atoms with van der Waals surface area (Å²) < 4.78 is 5.54. The van der Waals surface area contributed by atoms with Crippen LogP contribution in [0.2, 0.25) is 0 Å². The van der Waals surface area contributed by atoms with Crippen LogP contribution in [0.25, 0.3) is 10.9 Å². The lowest BCUT2D eigenvalue weighted by molar-refractivity contribution is 0.419. The summed E-state index contributed by atoms with van der Waals surface area (Å²) >= 11 is 0. The van der Waals surface area contributed by atoms with Crippen LogP contribution in [0, 0.1) is 0 Å². The third-order valence-electron chi connectivity index (χ3n) is 5.08. The molecule has 130 valence electrons. The predicted octanol–water partition coefficient (Wildman–Crippen LogP) is 4.26. The second-order valence-electron chi connectivity index (χ2n) is 6.61. The first-order chi connectivity index (χ1) is 12.4. The molecule has 2 aromatic carbocycles. The van der Waals surface area contributed by atoms with Gasteiger partial charge in [0.2, 0.25) is 0 Å². The van der Waals surface area contributed by atoms with Gasteiger partial charge in [0.05, 0.1) is 7.11 Å². The highest BCUT2D eigenvalue weighted by atomic mass is 16.5. The molecular weight excluding hydrogens is 310 g/mol. The van der Waals surface area contributed by atoms with Crippen LogP contribution in [-0.2, 0) is 6.42 Å². The first-order valence-corrected chi connectivity index (χ1v) is 9.06. The van der Waals surface area contributed by atoms with Crippen LogP contribution in [0.4, 0.5) is 5.69 Å². The molecule has 1 aliphatic heterocycles. The van der Waals surface area contributed by atoms with Crippen molar-refractivity contribution in [2.24, 2.45) is 0 Å². The van der Waals surface area contributed by atoms with E-state index in [1.54, 1.807) is 7.11 Å². The Morgan fingerprint density at radius 2 is 2.08 bits per heavy atom. The highest BCUT2D eigenvalue weighted by molar-refractivity contribution is 5.89.